The monoisotopic (exact) mass is 473 g/mol. The van der Waals surface area contributed by atoms with Crippen LogP contribution in [-0.2, 0) is 9.84 Å². The number of hydrogen-bond acceptors (Lipinski definition) is 6. The molecule has 4 rings (SSSR count). The average molecular weight is 474 g/mol. The fraction of sp³-hybridized carbons (Fsp3) is 0.417. The van der Waals surface area contributed by atoms with E-state index in [4.69, 9.17) is 0 Å². The Morgan fingerprint density at radius 2 is 1.45 bits per heavy atom. The quantitative estimate of drug-likeness (QED) is 0.622. The summed E-state index contributed by atoms with van der Waals surface area (Å²) in [5.74, 6) is -0.866. The first kappa shape index (κ1) is 23.2. The Bertz CT molecular complexity index is 1180. The zero-order valence-electron chi connectivity index (χ0n) is 18.9. The smallest absolute Gasteiger partial charge is 0.256 e. The van der Waals surface area contributed by atoms with E-state index in [0.717, 1.165) is 37.9 Å². The fourth-order valence-electron chi connectivity index (χ4n) is 4.45. The molecule has 2 aromatic rings. The summed E-state index contributed by atoms with van der Waals surface area (Å²) >= 11 is 0. The minimum Gasteiger partial charge on any atom is -0.371 e. The predicted molar refractivity (Wildman–Crippen MR) is 126 cm³/mol. The number of anilines is 2. The number of nitrogens with zero attached hydrogens (tertiary/aromatic N) is 3. The van der Waals surface area contributed by atoms with E-state index in [9.17, 15) is 22.4 Å². The maximum atomic E-state index is 14.6. The highest BCUT2D eigenvalue weighted by Crippen LogP contribution is 2.29. The number of piperazine rings is 1. The van der Waals surface area contributed by atoms with Crippen molar-refractivity contribution in [2.75, 3.05) is 55.3 Å². The number of rotatable bonds is 5. The third-order valence-electron chi connectivity index (χ3n) is 6.34. The summed E-state index contributed by atoms with van der Waals surface area (Å²) in [4.78, 5) is 30.7. The maximum absolute atomic E-state index is 14.6. The largest absolute Gasteiger partial charge is 0.371 e. The molecular weight excluding hydrogens is 445 g/mol. The third-order valence-corrected chi connectivity index (χ3v) is 7.45. The van der Waals surface area contributed by atoms with Crippen LogP contribution in [0.5, 0.6) is 0 Å². The number of carbonyl (C=O) groups is 2. The Kier molecular flexibility index (Phi) is 6.43. The van der Waals surface area contributed by atoms with Gasteiger partial charge in [0.1, 0.15) is 5.82 Å². The number of Topliss-reactive ketones (excluding diaryl/α,β-unsaturated/α-hetero) is 1. The van der Waals surface area contributed by atoms with Gasteiger partial charge in [-0.25, -0.2) is 12.8 Å². The maximum Gasteiger partial charge on any atom is 0.256 e. The van der Waals surface area contributed by atoms with Crippen molar-refractivity contribution >= 4 is 32.9 Å². The van der Waals surface area contributed by atoms with Crippen LogP contribution in [-0.4, -0.2) is 70.5 Å². The number of benzene rings is 2. The lowest BCUT2D eigenvalue weighted by Gasteiger charge is -2.37. The lowest BCUT2D eigenvalue weighted by Crippen LogP contribution is -2.49. The topological polar surface area (TPSA) is 78.0 Å². The molecule has 0 spiro atoms. The van der Waals surface area contributed by atoms with E-state index in [1.807, 2.05) is 4.90 Å². The Hall–Kier alpha value is -2.94. The van der Waals surface area contributed by atoms with Gasteiger partial charge in [-0.15, -0.1) is 0 Å². The molecule has 33 heavy (non-hydrogen) atoms. The number of ketones is 1. The fourth-order valence-corrected chi connectivity index (χ4v) is 5.10. The van der Waals surface area contributed by atoms with Crippen molar-refractivity contribution in [3.63, 3.8) is 0 Å². The zero-order chi connectivity index (χ0) is 23.8. The van der Waals surface area contributed by atoms with Crippen LogP contribution in [0, 0.1) is 5.82 Å². The molecule has 2 aromatic carbocycles. The molecule has 0 aromatic heterocycles. The molecule has 0 saturated carbocycles. The third kappa shape index (κ3) is 4.88. The van der Waals surface area contributed by atoms with Crippen molar-refractivity contribution in [2.45, 2.75) is 24.7 Å². The highest BCUT2D eigenvalue weighted by atomic mass is 32.2. The number of hydrogen-bond donors (Lipinski definition) is 0. The van der Waals surface area contributed by atoms with E-state index < -0.39 is 15.7 Å². The first-order chi connectivity index (χ1) is 15.6. The molecule has 2 heterocycles. The lowest BCUT2D eigenvalue weighted by atomic mass is 10.1. The molecule has 0 bridgehead atoms. The van der Waals surface area contributed by atoms with Crippen molar-refractivity contribution in [3.8, 4) is 0 Å². The molecule has 0 aliphatic carbocycles. The van der Waals surface area contributed by atoms with E-state index >= 15 is 0 Å². The van der Waals surface area contributed by atoms with Crippen molar-refractivity contribution in [2.24, 2.45) is 0 Å². The Labute approximate surface area is 193 Å². The molecule has 176 valence electrons. The van der Waals surface area contributed by atoms with E-state index in [0.29, 0.717) is 43.0 Å². The van der Waals surface area contributed by atoms with Crippen LogP contribution in [0.15, 0.2) is 41.3 Å². The molecule has 0 unspecified atom stereocenters. The molecule has 0 radical (unpaired) electrons. The first-order valence-corrected chi connectivity index (χ1v) is 13.0. The lowest BCUT2D eigenvalue weighted by molar-refractivity contribution is 0.0746. The standard InChI is InChI=1S/C24H28FN3O4S/c1-17(29)18-5-7-23(21(25)15-18)27-11-13-28(14-12-27)24(30)20-16-19(33(2,31)32)6-8-22(20)26-9-3-4-10-26/h5-8,15-16H,3-4,9-14H2,1-2H3. The minimum atomic E-state index is -3.45. The molecule has 2 saturated heterocycles. The van der Waals surface area contributed by atoms with Gasteiger partial charge in [-0.05, 0) is 56.2 Å². The van der Waals surface area contributed by atoms with Crippen LogP contribution in [0.4, 0.5) is 15.8 Å². The van der Waals surface area contributed by atoms with E-state index in [-0.39, 0.29) is 16.6 Å². The number of sulfone groups is 1. The van der Waals surface area contributed by atoms with Crippen molar-refractivity contribution in [1.82, 2.24) is 4.90 Å². The van der Waals surface area contributed by atoms with Gasteiger partial charge in [0.05, 0.1) is 16.1 Å². The molecular formula is C24H28FN3O4S. The molecule has 7 nitrogen and oxygen atoms in total. The van der Waals surface area contributed by atoms with Gasteiger partial charge in [0.25, 0.3) is 5.91 Å². The Morgan fingerprint density at radius 1 is 0.848 bits per heavy atom. The van der Waals surface area contributed by atoms with Gasteiger partial charge in [-0.2, -0.15) is 0 Å². The van der Waals surface area contributed by atoms with E-state index in [2.05, 4.69) is 4.90 Å². The van der Waals surface area contributed by atoms with Crippen molar-refractivity contribution in [1.29, 1.82) is 0 Å². The molecule has 9 heteroatoms. The van der Waals surface area contributed by atoms with E-state index in [1.54, 1.807) is 29.2 Å². The number of amides is 1. The highest BCUT2D eigenvalue weighted by molar-refractivity contribution is 7.90. The molecule has 2 aliphatic rings. The normalized spacial score (nSPS) is 16.9. The molecule has 1 amide bonds. The number of halogens is 1. The molecule has 0 atom stereocenters. The van der Waals surface area contributed by atoms with Crippen LogP contribution in [0.2, 0.25) is 0 Å². The second kappa shape index (κ2) is 9.13. The summed E-state index contributed by atoms with van der Waals surface area (Å²) < 4.78 is 38.8. The summed E-state index contributed by atoms with van der Waals surface area (Å²) in [7, 11) is -3.45. The van der Waals surface area contributed by atoms with Crippen molar-refractivity contribution in [3.05, 3.63) is 53.3 Å². The second-order valence-electron chi connectivity index (χ2n) is 8.65. The van der Waals surface area contributed by atoms with Crippen LogP contribution in [0.1, 0.15) is 40.5 Å². The summed E-state index contributed by atoms with van der Waals surface area (Å²) in [6.07, 6.45) is 3.21. The average Bonchev–Trinajstić information content (AvgIpc) is 3.32. The molecule has 0 N–H and O–H groups in total. The molecule has 2 aliphatic heterocycles. The van der Waals surface area contributed by atoms with Crippen LogP contribution in [0.3, 0.4) is 0 Å². The summed E-state index contributed by atoms with van der Waals surface area (Å²) in [5.41, 5.74) is 1.89. The van der Waals surface area contributed by atoms with Gasteiger partial charge in [0.15, 0.2) is 15.6 Å². The minimum absolute atomic E-state index is 0.125. The number of carbonyl (C=O) groups excluding carboxylic acids is 2. The van der Waals surface area contributed by atoms with Crippen LogP contribution in [0.25, 0.3) is 0 Å². The summed E-state index contributed by atoms with van der Waals surface area (Å²) in [6.45, 7) is 4.71. The first-order valence-electron chi connectivity index (χ1n) is 11.1. The van der Waals surface area contributed by atoms with E-state index in [1.165, 1.54) is 19.1 Å². The van der Waals surface area contributed by atoms with Crippen LogP contribution >= 0.6 is 0 Å². The van der Waals surface area contributed by atoms with Crippen molar-refractivity contribution < 1.29 is 22.4 Å². The Balaban J connectivity index is 1.54. The van der Waals surface area contributed by atoms with Gasteiger partial charge in [0.2, 0.25) is 0 Å². The van der Waals surface area contributed by atoms with Gasteiger partial charge >= 0.3 is 0 Å². The predicted octanol–water partition coefficient (Wildman–Crippen LogP) is 2.99. The van der Waals surface area contributed by atoms with Crippen LogP contribution < -0.4 is 9.80 Å². The summed E-state index contributed by atoms with van der Waals surface area (Å²) in [5, 5.41) is 0. The Morgan fingerprint density at radius 3 is 2.03 bits per heavy atom. The van der Waals surface area contributed by atoms with Gasteiger partial charge in [-0.1, -0.05) is 0 Å². The van der Waals surface area contributed by atoms with Gasteiger partial charge in [-0.3, -0.25) is 9.59 Å². The highest BCUT2D eigenvalue weighted by Gasteiger charge is 2.28. The van der Waals surface area contributed by atoms with Gasteiger partial charge in [0, 0.05) is 56.8 Å². The second-order valence-corrected chi connectivity index (χ2v) is 10.7. The zero-order valence-corrected chi connectivity index (χ0v) is 19.7. The summed E-state index contributed by atoms with van der Waals surface area (Å²) in [6, 6.07) is 9.23. The SMILES string of the molecule is CC(=O)c1ccc(N2CCN(C(=O)c3cc(S(C)(=O)=O)ccc3N3CCCC3)CC2)c(F)c1. The van der Waals surface area contributed by atoms with Gasteiger partial charge < -0.3 is 14.7 Å². The molecule has 2 fully saturated rings.